The number of benzene rings is 2. The molecular weight excluding hydrogens is 320 g/mol. The normalized spacial score (nSPS) is 12.2. The molecule has 0 saturated carbocycles. The topological polar surface area (TPSA) is 70.4 Å². The van der Waals surface area contributed by atoms with Crippen LogP contribution in [0.4, 0.5) is 0 Å². The van der Waals surface area contributed by atoms with Gasteiger partial charge in [-0.3, -0.25) is 14.2 Å². The monoisotopic (exact) mass is 334 g/mol. The van der Waals surface area contributed by atoms with Gasteiger partial charge in [0.05, 0.1) is 18.6 Å². The van der Waals surface area contributed by atoms with Crippen molar-refractivity contribution >= 4 is 5.78 Å². The number of carbonyl (C=O) groups is 1. The minimum atomic E-state index is -0.275. The van der Waals surface area contributed by atoms with E-state index in [2.05, 4.69) is 4.98 Å². The van der Waals surface area contributed by atoms with Crippen LogP contribution in [0, 0.1) is 0 Å². The maximum absolute atomic E-state index is 12.4. The molecule has 1 aliphatic rings. The molecule has 0 unspecified atom stereocenters. The van der Waals surface area contributed by atoms with Crippen LogP contribution in [-0.2, 0) is 6.54 Å². The summed E-state index contributed by atoms with van der Waals surface area (Å²) in [6.07, 6.45) is 1.40. The molecule has 0 saturated heterocycles. The third-order valence-corrected chi connectivity index (χ3v) is 3.96. The number of aromatic nitrogens is 2. The molecule has 0 radical (unpaired) electrons. The number of rotatable bonds is 4. The van der Waals surface area contributed by atoms with Crippen LogP contribution in [0.3, 0.4) is 0 Å². The van der Waals surface area contributed by atoms with Crippen LogP contribution in [0.5, 0.6) is 11.5 Å². The van der Waals surface area contributed by atoms with Gasteiger partial charge in [0.25, 0.3) is 5.56 Å². The van der Waals surface area contributed by atoms with Crippen molar-refractivity contribution in [1.82, 2.24) is 9.55 Å². The lowest BCUT2D eigenvalue weighted by Gasteiger charge is -2.07. The van der Waals surface area contributed by atoms with Crippen LogP contribution >= 0.6 is 0 Å². The first kappa shape index (κ1) is 15.1. The van der Waals surface area contributed by atoms with E-state index in [4.69, 9.17) is 9.47 Å². The summed E-state index contributed by atoms with van der Waals surface area (Å²) in [6, 6.07) is 15.8. The van der Waals surface area contributed by atoms with Gasteiger partial charge in [-0.25, -0.2) is 4.98 Å². The maximum Gasteiger partial charge on any atom is 0.254 e. The van der Waals surface area contributed by atoms with E-state index in [1.54, 1.807) is 18.2 Å². The molecule has 6 heteroatoms. The summed E-state index contributed by atoms with van der Waals surface area (Å²) in [7, 11) is 0. The highest BCUT2D eigenvalue weighted by Gasteiger charge is 2.17. The fraction of sp³-hybridized carbons (Fsp3) is 0.105. The number of ether oxygens (including phenoxy) is 2. The molecule has 0 aliphatic carbocycles. The zero-order valence-electron chi connectivity index (χ0n) is 13.2. The molecule has 6 nitrogen and oxygen atoms in total. The second-order valence-corrected chi connectivity index (χ2v) is 5.60. The molecule has 124 valence electrons. The molecule has 4 rings (SSSR count). The van der Waals surface area contributed by atoms with Gasteiger partial charge in [0.1, 0.15) is 0 Å². The minimum Gasteiger partial charge on any atom is -0.454 e. The second-order valence-electron chi connectivity index (χ2n) is 5.60. The predicted octanol–water partition coefficient (Wildman–Crippen LogP) is 2.52. The van der Waals surface area contributed by atoms with E-state index < -0.39 is 0 Å². The summed E-state index contributed by atoms with van der Waals surface area (Å²) < 4.78 is 11.8. The first-order valence-corrected chi connectivity index (χ1v) is 7.75. The molecule has 0 amide bonds. The summed E-state index contributed by atoms with van der Waals surface area (Å²) in [5, 5.41) is 0. The summed E-state index contributed by atoms with van der Waals surface area (Å²) >= 11 is 0. The summed E-state index contributed by atoms with van der Waals surface area (Å²) in [5.41, 5.74) is 1.62. The van der Waals surface area contributed by atoms with Crippen LogP contribution in [0.1, 0.15) is 10.4 Å². The van der Waals surface area contributed by atoms with Crippen molar-refractivity contribution in [2.24, 2.45) is 0 Å². The van der Waals surface area contributed by atoms with Crippen molar-refractivity contribution in [1.29, 1.82) is 0 Å². The Balaban J connectivity index is 1.56. The SMILES string of the molecule is O=C(Cn1cnc(-c2ccccc2)cc1=O)c1ccc2c(c1)OCO2. The molecule has 0 fully saturated rings. The van der Waals surface area contributed by atoms with Gasteiger partial charge >= 0.3 is 0 Å². The number of ketones is 1. The van der Waals surface area contributed by atoms with Gasteiger partial charge in [-0.1, -0.05) is 30.3 Å². The second kappa shape index (κ2) is 6.24. The number of hydrogen-bond donors (Lipinski definition) is 0. The van der Waals surface area contributed by atoms with Gasteiger partial charge in [0.2, 0.25) is 6.79 Å². The van der Waals surface area contributed by atoms with Crippen LogP contribution < -0.4 is 15.0 Å². The molecule has 1 aliphatic heterocycles. The lowest BCUT2D eigenvalue weighted by molar-refractivity contribution is 0.0970. The Kier molecular flexibility index (Phi) is 3.78. The lowest BCUT2D eigenvalue weighted by Crippen LogP contribution is -2.24. The molecule has 3 aromatic rings. The number of hydrogen-bond acceptors (Lipinski definition) is 5. The van der Waals surface area contributed by atoms with Gasteiger partial charge in [-0.15, -0.1) is 0 Å². The van der Waals surface area contributed by atoms with Crippen LogP contribution in [0.15, 0.2) is 65.7 Å². The summed E-state index contributed by atoms with van der Waals surface area (Å²) in [5.74, 6) is 0.952. The number of carbonyl (C=O) groups excluding carboxylic acids is 1. The number of nitrogens with zero attached hydrogens (tertiary/aromatic N) is 2. The molecule has 0 spiro atoms. The van der Waals surface area contributed by atoms with E-state index >= 15 is 0 Å². The average Bonchev–Trinajstić information content (AvgIpc) is 3.12. The van der Waals surface area contributed by atoms with Crippen molar-refractivity contribution < 1.29 is 14.3 Å². The third-order valence-electron chi connectivity index (χ3n) is 3.96. The van der Waals surface area contributed by atoms with Crippen molar-refractivity contribution in [2.45, 2.75) is 6.54 Å². The fourth-order valence-corrected chi connectivity index (χ4v) is 2.63. The van der Waals surface area contributed by atoms with E-state index in [1.165, 1.54) is 17.0 Å². The molecule has 25 heavy (non-hydrogen) atoms. The van der Waals surface area contributed by atoms with Crippen molar-refractivity contribution in [3.05, 3.63) is 76.8 Å². The first-order chi connectivity index (χ1) is 12.2. The number of Topliss-reactive ketones (excluding diaryl/α,β-unsaturated/α-hetero) is 1. The maximum atomic E-state index is 12.4. The van der Waals surface area contributed by atoms with Crippen LogP contribution in [0.2, 0.25) is 0 Å². The van der Waals surface area contributed by atoms with Gasteiger partial charge in [0, 0.05) is 17.2 Å². The highest BCUT2D eigenvalue weighted by molar-refractivity contribution is 5.96. The van der Waals surface area contributed by atoms with E-state index in [0.717, 1.165) is 5.56 Å². The van der Waals surface area contributed by atoms with Gasteiger partial charge < -0.3 is 9.47 Å². The average molecular weight is 334 g/mol. The van der Waals surface area contributed by atoms with Crippen molar-refractivity contribution in [3.63, 3.8) is 0 Å². The van der Waals surface area contributed by atoms with E-state index in [-0.39, 0.29) is 24.7 Å². The Morgan fingerprint density at radius 1 is 1.04 bits per heavy atom. The van der Waals surface area contributed by atoms with Gasteiger partial charge in [-0.2, -0.15) is 0 Å². The Bertz CT molecular complexity index is 996. The largest absolute Gasteiger partial charge is 0.454 e. The Morgan fingerprint density at radius 2 is 1.84 bits per heavy atom. The molecular formula is C19H14N2O4. The predicted molar refractivity (Wildman–Crippen MR) is 90.8 cm³/mol. The number of fused-ring (bicyclic) bond motifs is 1. The van der Waals surface area contributed by atoms with E-state index in [9.17, 15) is 9.59 Å². The minimum absolute atomic E-state index is 0.0828. The summed E-state index contributed by atoms with van der Waals surface area (Å²) in [6.45, 7) is 0.0673. The standard InChI is InChI=1S/C19H14N2O4/c22-16(14-6-7-17-18(8-14)25-12-24-17)10-21-11-20-15(9-19(21)23)13-4-2-1-3-5-13/h1-9,11H,10,12H2. The molecule has 0 N–H and O–H groups in total. The van der Waals surface area contributed by atoms with Gasteiger partial charge in [-0.05, 0) is 18.2 Å². The highest BCUT2D eigenvalue weighted by Crippen LogP contribution is 2.32. The van der Waals surface area contributed by atoms with Crippen LogP contribution in [0.25, 0.3) is 11.3 Å². The Morgan fingerprint density at radius 3 is 2.64 bits per heavy atom. The molecule has 1 aromatic heterocycles. The van der Waals surface area contributed by atoms with E-state index in [0.29, 0.717) is 22.8 Å². The Labute approximate surface area is 143 Å². The lowest BCUT2D eigenvalue weighted by atomic mass is 10.1. The van der Waals surface area contributed by atoms with Crippen molar-refractivity contribution in [2.75, 3.05) is 6.79 Å². The molecule has 2 heterocycles. The van der Waals surface area contributed by atoms with Gasteiger partial charge in [0.15, 0.2) is 17.3 Å². The Hall–Kier alpha value is -3.41. The van der Waals surface area contributed by atoms with Crippen LogP contribution in [-0.4, -0.2) is 22.1 Å². The van der Waals surface area contributed by atoms with Crippen molar-refractivity contribution in [3.8, 4) is 22.8 Å². The fourth-order valence-electron chi connectivity index (χ4n) is 2.63. The highest BCUT2D eigenvalue weighted by atomic mass is 16.7. The zero-order chi connectivity index (χ0) is 17.2. The zero-order valence-corrected chi connectivity index (χ0v) is 13.2. The smallest absolute Gasteiger partial charge is 0.254 e. The first-order valence-electron chi connectivity index (χ1n) is 7.75. The molecule has 2 aromatic carbocycles. The van der Waals surface area contributed by atoms with E-state index in [1.807, 2.05) is 30.3 Å². The quantitative estimate of drug-likeness (QED) is 0.686. The summed E-state index contributed by atoms with van der Waals surface area (Å²) in [4.78, 5) is 29.0. The molecule has 0 bridgehead atoms. The molecule has 0 atom stereocenters. The third kappa shape index (κ3) is 3.01.